The molecule has 1 fully saturated rings. The van der Waals surface area contributed by atoms with Crippen LogP contribution in [0, 0.1) is 17.3 Å². The fourth-order valence-corrected chi connectivity index (χ4v) is 2.72. The first-order chi connectivity index (χ1) is 5.03. The first kappa shape index (κ1) is 12.2. The maximum absolute atomic E-state index is 5.69. The molecule has 0 saturated heterocycles. The Morgan fingerprint density at radius 2 is 1.92 bits per heavy atom. The highest BCUT2D eigenvalue weighted by atomic mass is 35.5. The van der Waals surface area contributed by atoms with Crippen LogP contribution in [-0.4, -0.2) is 6.54 Å². The van der Waals surface area contributed by atoms with E-state index in [0.717, 1.165) is 18.4 Å². The molecule has 1 nitrogen and oxygen atoms in total. The molecule has 74 valence electrons. The third kappa shape index (κ3) is 3.32. The zero-order valence-electron chi connectivity index (χ0n) is 8.47. The third-order valence-electron chi connectivity index (χ3n) is 2.81. The van der Waals surface area contributed by atoms with Gasteiger partial charge in [0, 0.05) is 0 Å². The van der Waals surface area contributed by atoms with E-state index in [2.05, 4.69) is 20.8 Å². The first-order valence-electron chi connectivity index (χ1n) is 4.73. The second-order valence-corrected chi connectivity index (χ2v) is 5.02. The molecule has 2 N–H and O–H groups in total. The Balaban J connectivity index is 0.00000121. The van der Waals surface area contributed by atoms with Crippen LogP contribution < -0.4 is 5.73 Å². The predicted molar refractivity (Wildman–Crippen MR) is 56.6 cm³/mol. The summed E-state index contributed by atoms with van der Waals surface area (Å²) < 4.78 is 0. The van der Waals surface area contributed by atoms with E-state index in [4.69, 9.17) is 5.73 Å². The van der Waals surface area contributed by atoms with Crippen molar-refractivity contribution in [3.05, 3.63) is 0 Å². The van der Waals surface area contributed by atoms with Gasteiger partial charge in [0.15, 0.2) is 0 Å². The molecule has 0 amide bonds. The molecule has 0 bridgehead atoms. The maximum Gasteiger partial charge on any atom is -0.00486 e. The summed E-state index contributed by atoms with van der Waals surface area (Å²) in [6.45, 7) is 7.97. The fraction of sp³-hybridized carbons (Fsp3) is 1.00. The number of hydrogen-bond acceptors (Lipinski definition) is 1. The Morgan fingerprint density at radius 1 is 1.33 bits per heavy atom. The molecule has 0 unspecified atom stereocenters. The Bertz CT molecular complexity index is 134. The van der Waals surface area contributed by atoms with Crippen molar-refractivity contribution in [2.75, 3.05) is 6.54 Å². The van der Waals surface area contributed by atoms with E-state index in [0.29, 0.717) is 5.41 Å². The highest BCUT2D eigenvalue weighted by molar-refractivity contribution is 5.85. The normalized spacial score (nSPS) is 34.0. The Morgan fingerprint density at radius 3 is 2.33 bits per heavy atom. The molecule has 0 spiro atoms. The minimum Gasteiger partial charge on any atom is -0.330 e. The van der Waals surface area contributed by atoms with Crippen LogP contribution in [0.2, 0.25) is 0 Å². The van der Waals surface area contributed by atoms with E-state index >= 15 is 0 Å². The lowest BCUT2D eigenvalue weighted by Crippen LogP contribution is -2.31. The van der Waals surface area contributed by atoms with Gasteiger partial charge in [-0.15, -0.1) is 12.4 Å². The van der Waals surface area contributed by atoms with Crippen LogP contribution in [-0.2, 0) is 0 Å². The van der Waals surface area contributed by atoms with E-state index in [1.54, 1.807) is 0 Å². The molecule has 1 aliphatic carbocycles. The van der Waals surface area contributed by atoms with Crippen LogP contribution in [0.25, 0.3) is 0 Å². The average molecular weight is 192 g/mol. The molecule has 2 atom stereocenters. The van der Waals surface area contributed by atoms with Crippen molar-refractivity contribution in [1.82, 2.24) is 0 Å². The smallest absolute Gasteiger partial charge is 0.00486 e. The van der Waals surface area contributed by atoms with Gasteiger partial charge < -0.3 is 5.73 Å². The topological polar surface area (TPSA) is 26.0 Å². The monoisotopic (exact) mass is 191 g/mol. The average Bonchev–Trinajstić information content (AvgIpc) is 1.83. The van der Waals surface area contributed by atoms with Crippen molar-refractivity contribution in [2.45, 2.75) is 40.0 Å². The van der Waals surface area contributed by atoms with Crippen molar-refractivity contribution >= 4 is 12.4 Å². The highest BCUT2D eigenvalue weighted by Crippen LogP contribution is 2.40. The van der Waals surface area contributed by atoms with Gasteiger partial charge >= 0.3 is 0 Å². The molecule has 12 heavy (non-hydrogen) atoms. The van der Waals surface area contributed by atoms with Gasteiger partial charge in [0.05, 0.1) is 0 Å². The number of halogens is 1. The Kier molecular flexibility index (Phi) is 4.57. The summed E-state index contributed by atoms with van der Waals surface area (Å²) in [5.41, 5.74) is 6.23. The molecular formula is C10H22ClN. The third-order valence-corrected chi connectivity index (χ3v) is 2.81. The lowest BCUT2D eigenvalue weighted by atomic mass is 9.68. The van der Waals surface area contributed by atoms with Gasteiger partial charge in [0.2, 0.25) is 0 Å². The van der Waals surface area contributed by atoms with Crippen LogP contribution in [0.3, 0.4) is 0 Å². The standard InChI is InChI=1S/C10H21N.ClH/c1-8-4-9(7-11)6-10(2,3)5-8;/h8-9H,4-7,11H2,1-3H3;1H/t8-,9+;/m0./s1. The van der Waals surface area contributed by atoms with Crippen molar-refractivity contribution in [3.63, 3.8) is 0 Å². The molecule has 2 heteroatoms. The second kappa shape index (κ2) is 4.48. The second-order valence-electron chi connectivity index (χ2n) is 5.02. The SMILES string of the molecule is C[C@H]1C[C@@H](CN)CC(C)(C)C1.Cl. The van der Waals surface area contributed by atoms with Crippen molar-refractivity contribution in [1.29, 1.82) is 0 Å². The molecule has 0 heterocycles. The molecule has 0 radical (unpaired) electrons. The summed E-state index contributed by atoms with van der Waals surface area (Å²) in [7, 11) is 0. The summed E-state index contributed by atoms with van der Waals surface area (Å²) in [6.07, 6.45) is 4.05. The van der Waals surface area contributed by atoms with Crippen molar-refractivity contribution in [3.8, 4) is 0 Å². The molecule has 1 rings (SSSR count). The van der Waals surface area contributed by atoms with Gasteiger partial charge in [0.1, 0.15) is 0 Å². The molecule has 0 aromatic carbocycles. The maximum atomic E-state index is 5.69. The van der Waals surface area contributed by atoms with E-state index in [1.165, 1.54) is 19.3 Å². The van der Waals surface area contributed by atoms with E-state index in [1.807, 2.05) is 0 Å². The number of hydrogen-bond donors (Lipinski definition) is 1. The van der Waals surface area contributed by atoms with Crippen molar-refractivity contribution in [2.24, 2.45) is 23.0 Å². The van der Waals surface area contributed by atoms with Gasteiger partial charge in [-0.1, -0.05) is 20.8 Å². The molecular weight excluding hydrogens is 170 g/mol. The van der Waals surface area contributed by atoms with Gasteiger partial charge in [-0.25, -0.2) is 0 Å². The minimum absolute atomic E-state index is 0. The van der Waals surface area contributed by atoms with E-state index < -0.39 is 0 Å². The summed E-state index contributed by atoms with van der Waals surface area (Å²) in [5, 5.41) is 0. The quantitative estimate of drug-likeness (QED) is 0.678. The van der Waals surface area contributed by atoms with Crippen LogP contribution in [0.5, 0.6) is 0 Å². The van der Waals surface area contributed by atoms with Gasteiger partial charge in [-0.3, -0.25) is 0 Å². The molecule has 0 aliphatic heterocycles. The van der Waals surface area contributed by atoms with Gasteiger partial charge in [0.25, 0.3) is 0 Å². The predicted octanol–water partition coefficient (Wildman–Crippen LogP) is 2.83. The fourth-order valence-electron chi connectivity index (χ4n) is 2.72. The van der Waals surface area contributed by atoms with Crippen LogP contribution >= 0.6 is 12.4 Å². The molecule has 0 aromatic heterocycles. The zero-order valence-corrected chi connectivity index (χ0v) is 9.29. The first-order valence-corrected chi connectivity index (χ1v) is 4.73. The minimum atomic E-state index is 0. The zero-order chi connectivity index (χ0) is 8.48. The number of rotatable bonds is 1. The van der Waals surface area contributed by atoms with Gasteiger partial charge in [-0.2, -0.15) is 0 Å². The van der Waals surface area contributed by atoms with Crippen molar-refractivity contribution < 1.29 is 0 Å². The largest absolute Gasteiger partial charge is 0.330 e. The Labute approximate surface area is 82.5 Å². The van der Waals surface area contributed by atoms with Crippen LogP contribution in [0.1, 0.15) is 40.0 Å². The molecule has 1 aliphatic rings. The molecule has 0 aromatic rings. The molecule has 1 saturated carbocycles. The summed E-state index contributed by atoms with van der Waals surface area (Å²) in [4.78, 5) is 0. The Hall–Kier alpha value is 0.250. The van der Waals surface area contributed by atoms with E-state index in [-0.39, 0.29) is 12.4 Å². The van der Waals surface area contributed by atoms with Crippen LogP contribution in [0.4, 0.5) is 0 Å². The van der Waals surface area contributed by atoms with E-state index in [9.17, 15) is 0 Å². The lowest BCUT2D eigenvalue weighted by molar-refractivity contribution is 0.137. The van der Waals surface area contributed by atoms with Gasteiger partial charge in [-0.05, 0) is 43.1 Å². The number of nitrogens with two attached hydrogens (primary N) is 1. The highest BCUT2D eigenvalue weighted by Gasteiger charge is 2.30. The summed E-state index contributed by atoms with van der Waals surface area (Å²) in [6, 6.07) is 0. The summed E-state index contributed by atoms with van der Waals surface area (Å²) in [5.74, 6) is 1.67. The van der Waals surface area contributed by atoms with Crippen LogP contribution in [0.15, 0.2) is 0 Å². The lowest BCUT2D eigenvalue weighted by Gasteiger charge is -2.38. The summed E-state index contributed by atoms with van der Waals surface area (Å²) >= 11 is 0.